The van der Waals surface area contributed by atoms with Crippen LogP contribution in [0, 0.1) is 0 Å². The predicted molar refractivity (Wildman–Crippen MR) is 104 cm³/mol. The molecule has 2 N–H and O–H groups in total. The quantitative estimate of drug-likeness (QED) is 0.668. The number of urea groups is 1. The van der Waals surface area contributed by atoms with Crippen molar-refractivity contribution in [1.82, 2.24) is 9.59 Å². The SMILES string of the molecule is COc1cc(NC(=O)Nc2ccc(-c3cnns3)cc2)cc(OC)c1OC. The topological polar surface area (TPSA) is 94.6 Å². The molecular weight excluding hydrogens is 368 g/mol. The van der Waals surface area contributed by atoms with Crippen molar-refractivity contribution in [2.24, 2.45) is 0 Å². The highest BCUT2D eigenvalue weighted by atomic mass is 32.1. The highest BCUT2D eigenvalue weighted by Crippen LogP contribution is 2.39. The number of methoxy groups -OCH3 is 3. The Balaban J connectivity index is 1.70. The summed E-state index contributed by atoms with van der Waals surface area (Å²) < 4.78 is 19.7. The zero-order valence-electron chi connectivity index (χ0n) is 15.0. The molecule has 3 aromatic rings. The smallest absolute Gasteiger partial charge is 0.323 e. The summed E-state index contributed by atoms with van der Waals surface area (Å²) in [4.78, 5) is 13.3. The molecule has 1 aromatic heterocycles. The van der Waals surface area contributed by atoms with Gasteiger partial charge in [0.15, 0.2) is 11.5 Å². The largest absolute Gasteiger partial charge is 0.493 e. The number of amides is 2. The molecule has 2 amide bonds. The lowest BCUT2D eigenvalue weighted by atomic mass is 10.2. The van der Waals surface area contributed by atoms with E-state index in [-0.39, 0.29) is 0 Å². The summed E-state index contributed by atoms with van der Waals surface area (Å²) in [7, 11) is 4.55. The number of hydrogen-bond acceptors (Lipinski definition) is 7. The molecule has 0 aliphatic heterocycles. The van der Waals surface area contributed by atoms with Crippen molar-refractivity contribution in [1.29, 1.82) is 0 Å². The monoisotopic (exact) mass is 386 g/mol. The van der Waals surface area contributed by atoms with E-state index in [4.69, 9.17) is 14.2 Å². The molecule has 0 atom stereocenters. The van der Waals surface area contributed by atoms with Crippen LogP contribution in [-0.2, 0) is 0 Å². The summed E-state index contributed by atoms with van der Waals surface area (Å²) in [5.41, 5.74) is 2.15. The molecule has 0 fully saturated rings. The van der Waals surface area contributed by atoms with Crippen molar-refractivity contribution in [3.63, 3.8) is 0 Å². The standard InChI is InChI=1S/C18H18N4O4S/c1-24-14-8-13(9-15(25-2)17(14)26-3)21-18(23)20-12-6-4-11(5-7-12)16-10-19-22-27-16/h4-10H,1-3H3,(H2,20,21,23). The summed E-state index contributed by atoms with van der Waals surface area (Å²) in [6.07, 6.45) is 1.70. The molecule has 0 bridgehead atoms. The van der Waals surface area contributed by atoms with Crippen LogP contribution in [0.1, 0.15) is 0 Å². The number of anilines is 2. The fourth-order valence-corrected chi connectivity index (χ4v) is 2.98. The van der Waals surface area contributed by atoms with Gasteiger partial charge in [0.25, 0.3) is 0 Å². The fraction of sp³-hybridized carbons (Fsp3) is 0.167. The second kappa shape index (κ2) is 8.37. The van der Waals surface area contributed by atoms with Gasteiger partial charge in [0.2, 0.25) is 5.75 Å². The number of rotatable bonds is 6. The highest BCUT2D eigenvalue weighted by molar-refractivity contribution is 7.09. The van der Waals surface area contributed by atoms with Crippen LogP contribution < -0.4 is 24.8 Å². The molecule has 0 saturated heterocycles. The summed E-state index contributed by atoms with van der Waals surface area (Å²) in [5.74, 6) is 1.36. The lowest BCUT2D eigenvalue weighted by Gasteiger charge is -2.15. The molecule has 27 heavy (non-hydrogen) atoms. The van der Waals surface area contributed by atoms with Crippen LogP contribution in [-0.4, -0.2) is 36.9 Å². The van der Waals surface area contributed by atoms with Gasteiger partial charge in [0.1, 0.15) is 0 Å². The zero-order chi connectivity index (χ0) is 19.2. The second-order valence-electron chi connectivity index (χ2n) is 5.35. The van der Waals surface area contributed by atoms with Gasteiger partial charge in [-0.3, -0.25) is 0 Å². The van der Waals surface area contributed by atoms with Gasteiger partial charge in [-0.05, 0) is 29.2 Å². The lowest BCUT2D eigenvalue weighted by molar-refractivity contribution is 0.262. The third-order valence-corrected chi connectivity index (χ3v) is 4.42. The maximum atomic E-state index is 12.3. The van der Waals surface area contributed by atoms with Gasteiger partial charge in [-0.15, -0.1) is 5.10 Å². The maximum Gasteiger partial charge on any atom is 0.323 e. The van der Waals surface area contributed by atoms with E-state index in [9.17, 15) is 4.79 Å². The number of hydrogen-bond donors (Lipinski definition) is 2. The molecule has 1 heterocycles. The molecular formula is C18H18N4O4S. The van der Waals surface area contributed by atoms with Crippen LogP contribution in [0.25, 0.3) is 10.4 Å². The highest BCUT2D eigenvalue weighted by Gasteiger charge is 2.14. The normalized spacial score (nSPS) is 10.2. The fourth-order valence-electron chi connectivity index (χ4n) is 2.46. The van der Waals surface area contributed by atoms with E-state index >= 15 is 0 Å². The van der Waals surface area contributed by atoms with Gasteiger partial charge in [-0.2, -0.15) is 0 Å². The third-order valence-electron chi connectivity index (χ3n) is 3.71. The summed E-state index contributed by atoms with van der Waals surface area (Å²) >= 11 is 1.31. The van der Waals surface area contributed by atoms with Gasteiger partial charge < -0.3 is 24.8 Å². The first-order chi connectivity index (χ1) is 13.1. The Morgan fingerprint density at radius 1 is 0.926 bits per heavy atom. The van der Waals surface area contributed by atoms with Crippen LogP contribution in [0.4, 0.5) is 16.2 Å². The van der Waals surface area contributed by atoms with Crippen LogP contribution in [0.3, 0.4) is 0 Å². The molecule has 140 valence electrons. The van der Waals surface area contributed by atoms with Crippen molar-refractivity contribution < 1.29 is 19.0 Å². The van der Waals surface area contributed by atoms with E-state index < -0.39 is 6.03 Å². The van der Waals surface area contributed by atoms with Crippen molar-refractivity contribution >= 4 is 28.9 Å². The molecule has 8 nitrogen and oxygen atoms in total. The van der Waals surface area contributed by atoms with Crippen molar-refractivity contribution in [2.75, 3.05) is 32.0 Å². The van der Waals surface area contributed by atoms with Crippen LogP contribution in [0.15, 0.2) is 42.6 Å². The van der Waals surface area contributed by atoms with E-state index in [0.29, 0.717) is 28.6 Å². The molecule has 0 aliphatic rings. The Morgan fingerprint density at radius 3 is 2.07 bits per heavy atom. The van der Waals surface area contributed by atoms with E-state index in [1.165, 1.54) is 32.9 Å². The van der Waals surface area contributed by atoms with Crippen LogP contribution in [0.2, 0.25) is 0 Å². The Kier molecular flexibility index (Phi) is 5.72. The minimum atomic E-state index is -0.392. The first-order valence-electron chi connectivity index (χ1n) is 7.90. The Hall–Kier alpha value is -3.33. The third kappa shape index (κ3) is 4.26. The number of nitrogens with one attached hydrogen (secondary N) is 2. The predicted octanol–water partition coefficient (Wildman–Crippen LogP) is 3.87. The zero-order valence-corrected chi connectivity index (χ0v) is 15.8. The number of carbonyl (C=O) groups is 1. The summed E-state index contributed by atoms with van der Waals surface area (Å²) in [6, 6.07) is 10.3. The van der Waals surface area contributed by atoms with Gasteiger partial charge in [0.05, 0.1) is 38.1 Å². The minimum Gasteiger partial charge on any atom is -0.493 e. The summed E-state index contributed by atoms with van der Waals surface area (Å²) in [6.45, 7) is 0. The van der Waals surface area contributed by atoms with Gasteiger partial charge in [-0.25, -0.2) is 4.79 Å². The van der Waals surface area contributed by atoms with E-state index in [1.54, 1.807) is 18.3 Å². The molecule has 0 saturated carbocycles. The number of benzene rings is 2. The molecule has 0 aliphatic carbocycles. The van der Waals surface area contributed by atoms with Gasteiger partial charge in [-0.1, -0.05) is 16.6 Å². The lowest BCUT2D eigenvalue weighted by Crippen LogP contribution is -2.19. The van der Waals surface area contributed by atoms with Gasteiger partial charge in [0, 0.05) is 17.8 Å². The Labute approximate surface area is 160 Å². The van der Waals surface area contributed by atoms with Crippen LogP contribution in [0.5, 0.6) is 17.2 Å². The average molecular weight is 386 g/mol. The van der Waals surface area contributed by atoms with Gasteiger partial charge >= 0.3 is 6.03 Å². The average Bonchev–Trinajstić information content (AvgIpc) is 3.22. The molecule has 3 rings (SSSR count). The first kappa shape index (κ1) is 18.5. The Bertz CT molecular complexity index is 889. The second-order valence-corrected chi connectivity index (χ2v) is 6.14. The molecule has 0 unspecified atom stereocenters. The number of ether oxygens (including phenoxy) is 3. The first-order valence-corrected chi connectivity index (χ1v) is 8.67. The van der Waals surface area contributed by atoms with E-state index in [0.717, 1.165) is 10.4 Å². The van der Waals surface area contributed by atoms with Crippen molar-refractivity contribution in [3.8, 4) is 27.7 Å². The number of aromatic nitrogens is 2. The van der Waals surface area contributed by atoms with Crippen molar-refractivity contribution in [2.45, 2.75) is 0 Å². The Morgan fingerprint density at radius 2 is 1.56 bits per heavy atom. The molecule has 9 heteroatoms. The van der Waals surface area contributed by atoms with Crippen molar-refractivity contribution in [3.05, 3.63) is 42.6 Å². The minimum absolute atomic E-state index is 0.392. The van der Waals surface area contributed by atoms with E-state index in [2.05, 4.69) is 20.2 Å². The molecule has 0 radical (unpaired) electrons. The molecule has 2 aromatic carbocycles. The summed E-state index contributed by atoms with van der Waals surface area (Å²) in [5, 5.41) is 9.34. The molecule has 0 spiro atoms. The maximum absolute atomic E-state index is 12.3. The number of nitrogens with zero attached hydrogens (tertiary/aromatic N) is 2. The van der Waals surface area contributed by atoms with Crippen LogP contribution >= 0.6 is 11.5 Å². The number of carbonyl (C=O) groups excluding carboxylic acids is 1. The van der Waals surface area contributed by atoms with E-state index in [1.807, 2.05) is 24.3 Å².